The van der Waals surface area contributed by atoms with Crippen LogP contribution in [-0.4, -0.2) is 45.8 Å². The van der Waals surface area contributed by atoms with Crippen LogP contribution < -0.4 is 14.8 Å². The molecule has 1 amide bonds. The van der Waals surface area contributed by atoms with Gasteiger partial charge in [0.1, 0.15) is 6.61 Å². The number of methoxy groups -OCH3 is 1. The molecule has 3 aromatic rings. The second-order valence-corrected chi connectivity index (χ2v) is 4.55. The molecule has 1 aromatic carbocycles. The monoisotopic (exact) mass is 313 g/mol. The van der Waals surface area contributed by atoms with Crippen molar-refractivity contribution >= 4 is 11.7 Å². The van der Waals surface area contributed by atoms with Crippen LogP contribution in [0.25, 0.3) is 5.78 Å². The molecule has 8 heteroatoms. The Kier molecular flexibility index (Phi) is 4.32. The molecule has 0 aliphatic heterocycles. The van der Waals surface area contributed by atoms with Crippen LogP contribution in [0.1, 0.15) is 10.6 Å². The number of nitrogens with one attached hydrogen (secondary N) is 1. The first-order chi connectivity index (χ1) is 11.3. The van der Waals surface area contributed by atoms with Gasteiger partial charge in [0.25, 0.3) is 11.7 Å². The average molecular weight is 313 g/mol. The highest BCUT2D eigenvalue weighted by atomic mass is 16.5. The van der Waals surface area contributed by atoms with Crippen molar-refractivity contribution in [1.29, 1.82) is 0 Å². The molecule has 118 valence electrons. The van der Waals surface area contributed by atoms with Gasteiger partial charge in [0.05, 0.1) is 13.7 Å². The third-order valence-corrected chi connectivity index (χ3v) is 3.03. The molecule has 0 fully saturated rings. The van der Waals surface area contributed by atoms with Crippen LogP contribution in [0.4, 0.5) is 0 Å². The minimum atomic E-state index is -0.376. The number of amides is 1. The van der Waals surface area contributed by atoms with Crippen molar-refractivity contribution in [3.05, 3.63) is 48.5 Å². The van der Waals surface area contributed by atoms with Crippen molar-refractivity contribution in [2.75, 3.05) is 20.3 Å². The van der Waals surface area contributed by atoms with Gasteiger partial charge in [-0.1, -0.05) is 12.1 Å². The zero-order valence-electron chi connectivity index (χ0n) is 12.5. The van der Waals surface area contributed by atoms with E-state index in [0.717, 1.165) is 0 Å². The fourth-order valence-corrected chi connectivity index (χ4v) is 1.97. The summed E-state index contributed by atoms with van der Waals surface area (Å²) in [5, 5.41) is 6.74. The van der Waals surface area contributed by atoms with Crippen molar-refractivity contribution in [3.8, 4) is 11.5 Å². The van der Waals surface area contributed by atoms with Crippen molar-refractivity contribution in [2.24, 2.45) is 0 Å². The Morgan fingerprint density at radius 2 is 2.09 bits per heavy atom. The number of carbonyl (C=O) groups is 1. The molecular formula is C15H15N5O3. The van der Waals surface area contributed by atoms with E-state index in [1.54, 1.807) is 31.6 Å². The molecule has 2 heterocycles. The summed E-state index contributed by atoms with van der Waals surface area (Å²) in [5.41, 5.74) is 0. The van der Waals surface area contributed by atoms with E-state index in [0.29, 0.717) is 30.4 Å². The van der Waals surface area contributed by atoms with Gasteiger partial charge in [0.15, 0.2) is 11.5 Å². The Bertz CT molecular complexity index is 784. The van der Waals surface area contributed by atoms with E-state index >= 15 is 0 Å². The number of fused-ring (bicyclic) bond motifs is 1. The lowest BCUT2D eigenvalue weighted by Gasteiger charge is -2.10. The molecule has 3 rings (SSSR count). The van der Waals surface area contributed by atoms with Crippen LogP contribution >= 0.6 is 0 Å². The van der Waals surface area contributed by atoms with E-state index in [9.17, 15) is 4.79 Å². The number of rotatable bonds is 6. The molecule has 0 aliphatic carbocycles. The second-order valence-electron chi connectivity index (χ2n) is 4.55. The number of carbonyl (C=O) groups excluding carboxylic acids is 1. The maximum atomic E-state index is 12.0. The highest BCUT2D eigenvalue weighted by molar-refractivity contribution is 5.90. The Morgan fingerprint density at radius 3 is 2.87 bits per heavy atom. The van der Waals surface area contributed by atoms with Gasteiger partial charge in [-0.3, -0.25) is 4.79 Å². The van der Waals surface area contributed by atoms with E-state index in [1.807, 2.05) is 18.2 Å². The van der Waals surface area contributed by atoms with Crippen LogP contribution in [0.2, 0.25) is 0 Å². The first-order valence-corrected chi connectivity index (χ1v) is 6.99. The molecule has 2 aromatic heterocycles. The van der Waals surface area contributed by atoms with Crippen LogP contribution in [0.3, 0.4) is 0 Å². The average Bonchev–Trinajstić information content (AvgIpc) is 3.03. The Labute approximate surface area is 132 Å². The third-order valence-electron chi connectivity index (χ3n) is 3.03. The Hall–Kier alpha value is -3.16. The molecule has 0 saturated carbocycles. The maximum absolute atomic E-state index is 12.0. The summed E-state index contributed by atoms with van der Waals surface area (Å²) in [6, 6.07) is 9.03. The summed E-state index contributed by atoms with van der Waals surface area (Å²) < 4.78 is 12.2. The van der Waals surface area contributed by atoms with Gasteiger partial charge in [-0.15, -0.1) is 5.10 Å². The van der Waals surface area contributed by atoms with Gasteiger partial charge in [0, 0.05) is 12.4 Å². The molecule has 0 bridgehead atoms. The lowest BCUT2D eigenvalue weighted by atomic mass is 10.3. The Balaban J connectivity index is 1.53. The first-order valence-electron chi connectivity index (χ1n) is 6.99. The van der Waals surface area contributed by atoms with Gasteiger partial charge >= 0.3 is 0 Å². The number of hydrogen-bond acceptors (Lipinski definition) is 6. The molecule has 8 nitrogen and oxygen atoms in total. The molecule has 0 spiro atoms. The molecule has 0 atom stereocenters. The predicted octanol–water partition coefficient (Wildman–Crippen LogP) is 0.942. The summed E-state index contributed by atoms with van der Waals surface area (Å²) in [6.45, 7) is 0.623. The quantitative estimate of drug-likeness (QED) is 0.681. The normalized spacial score (nSPS) is 10.5. The van der Waals surface area contributed by atoms with E-state index in [1.165, 1.54) is 4.52 Å². The van der Waals surface area contributed by atoms with Crippen molar-refractivity contribution < 1.29 is 14.3 Å². The minimum Gasteiger partial charge on any atom is -0.493 e. The summed E-state index contributed by atoms with van der Waals surface area (Å²) in [7, 11) is 1.58. The lowest BCUT2D eigenvalue weighted by molar-refractivity contribution is 0.0936. The summed E-state index contributed by atoms with van der Waals surface area (Å²) in [5.74, 6) is 1.34. The third kappa shape index (κ3) is 3.37. The van der Waals surface area contributed by atoms with Gasteiger partial charge in [-0.25, -0.2) is 9.50 Å². The Morgan fingerprint density at radius 1 is 1.26 bits per heavy atom. The maximum Gasteiger partial charge on any atom is 0.291 e. The zero-order valence-corrected chi connectivity index (χ0v) is 12.5. The number of hydrogen-bond donors (Lipinski definition) is 1. The van der Waals surface area contributed by atoms with Crippen LogP contribution in [0.5, 0.6) is 11.5 Å². The second kappa shape index (κ2) is 6.73. The predicted molar refractivity (Wildman–Crippen MR) is 81.6 cm³/mol. The molecule has 0 unspecified atom stereocenters. The number of nitrogens with zero attached hydrogens (tertiary/aromatic N) is 4. The smallest absolute Gasteiger partial charge is 0.291 e. The highest BCUT2D eigenvalue weighted by Crippen LogP contribution is 2.25. The molecular weight excluding hydrogens is 298 g/mol. The zero-order chi connectivity index (χ0) is 16.1. The minimum absolute atomic E-state index is 0.0704. The lowest BCUT2D eigenvalue weighted by Crippen LogP contribution is -2.29. The topological polar surface area (TPSA) is 90.6 Å². The van der Waals surface area contributed by atoms with Crippen LogP contribution in [0.15, 0.2) is 42.7 Å². The fourth-order valence-electron chi connectivity index (χ4n) is 1.97. The van der Waals surface area contributed by atoms with Gasteiger partial charge < -0.3 is 14.8 Å². The van der Waals surface area contributed by atoms with Crippen LogP contribution in [0, 0.1) is 0 Å². The van der Waals surface area contributed by atoms with Crippen molar-refractivity contribution in [3.63, 3.8) is 0 Å². The largest absolute Gasteiger partial charge is 0.493 e. The highest BCUT2D eigenvalue weighted by Gasteiger charge is 2.12. The molecule has 1 N–H and O–H groups in total. The SMILES string of the molecule is COc1ccccc1OCCNC(=O)c1nc2ncccn2n1. The van der Waals surface area contributed by atoms with Crippen molar-refractivity contribution in [2.45, 2.75) is 0 Å². The summed E-state index contributed by atoms with van der Waals surface area (Å²) in [6.07, 6.45) is 3.27. The van der Waals surface area contributed by atoms with E-state index in [-0.39, 0.29) is 11.7 Å². The standard InChI is InChI=1S/C15H15N5O3/c1-22-11-5-2-3-6-12(11)23-10-8-16-14(21)13-18-15-17-7-4-9-20(15)19-13/h2-7,9H,8,10H2,1H3,(H,16,21). The fraction of sp³-hybridized carbons (Fsp3) is 0.200. The van der Waals surface area contributed by atoms with E-state index in [2.05, 4.69) is 20.4 Å². The van der Waals surface area contributed by atoms with Gasteiger partial charge in [-0.05, 0) is 18.2 Å². The molecule has 0 radical (unpaired) electrons. The first kappa shape index (κ1) is 14.8. The van der Waals surface area contributed by atoms with Crippen LogP contribution in [-0.2, 0) is 0 Å². The molecule has 23 heavy (non-hydrogen) atoms. The molecule has 0 aliphatic rings. The van der Waals surface area contributed by atoms with E-state index in [4.69, 9.17) is 9.47 Å². The van der Waals surface area contributed by atoms with Gasteiger partial charge in [0.2, 0.25) is 5.82 Å². The number of benzene rings is 1. The number of para-hydroxylation sites is 2. The van der Waals surface area contributed by atoms with E-state index < -0.39 is 0 Å². The number of aromatic nitrogens is 4. The number of ether oxygens (including phenoxy) is 2. The summed E-state index contributed by atoms with van der Waals surface area (Å²) in [4.78, 5) is 20.0. The van der Waals surface area contributed by atoms with Crippen molar-refractivity contribution in [1.82, 2.24) is 24.9 Å². The van der Waals surface area contributed by atoms with Gasteiger partial charge in [-0.2, -0.15) is 4.98 Å². The molecule has 0 saturated heterocycles. The summed E-state index contributed by atoms with van der Waals surface area (Å²) >= 11 is 0.